The predicted molar refractivity (Wildman–Crippen MR) is 99.6 cm³/mol. The average molecular weight is 395 g/mol. The predicted octanol–water partition coefficient (Wildman–Crippen LogP) is 2.48. The molecule has 0 bridgehead atoms. The van der Waals surface area contributed by atoms with Crippen LogP contribution in [-0.4, -0.2) is 49.3 Å². The van der Waals surface area contributed by atoms with Crippen molar-refractivity contribution in [1.29, 1.82) is 0 Å². The number of nitrogens with zero attached hydrogens (tertiary/aromatic N) is 5. The van der Waals surface area contributed by atoms with E-state index in [0.717, 1.165) is 48.4 Å². The molecule has 4 rings (SSSR count). The lowest BCUT2D eigenvalue weighted by molar-refractivity contribution is -0.113. The molecule has 2 fully saturated rings. The first-order valence-electron chi connectivity index (χ1n) is 9.02. The van der Waals surface area contributed by atoms with Gasteiger partial charge in [0.05, 0.1) is 18.4 Å². The zero-order valence-corrected chi connectivity index (χ0v) is 16.3. The van der Waals surface area contributed by atoms with Gasteiger partial charge in [0.25, 0.3) is 0 Å². The van der Waals surface area contributed by atoms with Gasteiger partial charge in [-0.2, -0.15) is 0 Å². The molecule has 1 aliphatic carbocycles. The van der Waals surface area contributed by atoms with Crippen LogP contribution < -0.4 is 5.32 Å². The summed E-state index contributed by atoms with van der Waals surface area (Å²) in [6, 6.07) is 0. The summed E-state index contributed by atoms with van der Waals surface area (Å²) in [4.78, 5) is 12.2. The fourth-order valence-electron chi connectivity index (χ4n) is 2.95. The lowest BCUT2D eigenvalue weighted by atomic mass is 10.2. The van der Waals surface area contributed by atoms with Gasteiger partial charge in [0.1, 0.15) is 10.8 Å². The number of carbonyl (C=O) groups excluding carboxylic acids is 1. The van der Waals surface area contributed by atoms with Gasteiger partial charge in [0, 0.05) is 12.5 Å². The number of aryl methyl sites for hydroxylation is 1. The zero-order valence-electron chi connectivity index (χ0n) is 14.7. The first-order chi connectivity index (χ1) is 12.7. The molecule has 26 heavy (non-hydrogen) atoms. The van der Waals surface area contributed by atoms with Crippen LogP contribution in [-0.2, 0) is 22.5 Å². The van der Waals surface area contributed by atoms with Crippen molar-refractivity contribution in [2.24, 2.45) is 0 Å². The van der Waals surface area contributed by atoms with Crippen LogP contribution in [0.25, 0.3) is 0 Å². The van der Waals surface area contributed by atoms with Gasteiger partial charge in [-0.25, -0.2) is 0 Å². The van der Waals surface area contributed by atoms with Crippen LogP contribution in [0.2, 0.25) is 0 Å². The van der Waals surface area contributed by atoms with Crippen molar-refractivity contribution in [3.63, 3.8) is 0 Å². The minimum Gasteiger partial charge on any atom is -0.376 e. The number of aromatic nitrogens is 5. The number of rotatable bonds is 8. The fourth-order valence-corrected chi connectivity index (χ4v) is 4.40. The van der Waals surface area contributed by atoms with Crippen LogP contribution in [0.15, 0.2) is 5.16 Å². The second-order valence-corrected chi connectivity index (χ2v) is 8.56. The molecular weight excluding hydrogens is 372 g/mol. The third-order valence-corrected chi connectivity index (χ3v) is 6.40. The third-order valence-electron chi connectivity index (χ3n) is 4.45. The van der Waals surface area contributed by atoms with Crippen molar-refractivity contribution in [1.82, 2.24) is 25.0 Å². The smallest absolute Gasteiger partial charge is 0.236 e. The summed E-state index contributed by atoms with van der Waals surface area (Å²) in [5, 5.41) is 21.8. The number of hydrogen-bond acceptors (Lipinski definition) is 8. The van der Waals surface area contributed by atoms with E-state index in [1.165, 1.54) is 35.9 Å². The molecule has 1 saturated carbocycles. The Morgan fingerprint density at radius 2 is 2.19 bits per heavy atom. The highest BCUT2D eigenvalue weighted by Gasteiger charge is 2.32. The SMILES string of the molecule is CCc1nnc(NC(=O)CSc2nnc(C3CC3)n2CC2CCCO2)s1. The number of hydrogen-bond donors (Lipinski definition) is 1. The Hall–Kier alpha value is -1.52. The molecule has 2 aromatic rings. The Bertz CT molecular complexity index is 767. The van der Waals surface area contributed by atoms with E-state index < -0.39 is 0 Å². The Kier molecular flexibility index (Phi) is 5.51. The minimum absolute atomic E-state index is 0.103. The fraction of sp³-hybridized carbons (Fsp3) is 0.688. The van der Waals surface area contributed by atoms with E-state index in [-0.39, 0.29) is 17.8 Å². The van der Waals surface area contributed by atoms with Gasteiger partial charge >= 0.3 is 0 Å². The van der Waals surface area contributed by atoms with E-state index in [0.29, 0.717) is 11.0 Å². The van der Waals surface area contributed by atoms with Gasteiger partial charge in [0.2, 0.25) is 11.0 Å². The molecule has 1 N–H and O–H groups in total. The van der Waals surface area contributed by atoms with Gasteiger partial charge in [-0.1, -0.05) is 30.0 Å². The molecule has 0 spiro atoms. The maximum Gasteiger partial charge on any atom is 0.236 e. The number of nitrogens with one attached hydrogen (secondary N) is 1. The summed E-state index contributed by atoms with van der Waals surface area (Å²) >= 11 is 2.83. The normalized spacial score (nSPS) is 19.8. The van der Waals surface area contributed by atoms with Gasteiger partial charge in [-0.05, 0) is 32.1 Å². The van der Waals surface area contributed by atoms with Crippen molar-refractivity contribution < 1.29 is 9.53 Å². The molecule has 3 heterocycles. The highest BCUT2D eigenvalue weighted by atomic mass is 32.2. The van der Waals surface area contributed by atoms with Crippen molar-refractivity contribution >= 4 is 34.1 Å². The van der Waals surface area contributed by atoms with Crippen LogP contribution >= 0.6 is 23.1 Å². The van der Waals surface area contributed by atoms with Crippen LogP contribution in [0.4, 0.5) is 5.13 Å². The number of ether oxygens (including phenoxy) is 1. The summed E-state index contributed by atoms with van der Waals surface area (Å²) in [7, 11) is 0. The highest BCUT2D eigenvalue weighted by molar-refractivity contribution is 7.99. The van der Waals surface area contributed by atoms with E-state index in [1.807, 2.05) is 6.92 Å². The van der Waals surface area contributed by atoms with Gasteiger partial charge < -0.3 is 9.30 Å². The number of amides is 1. The zero-order chi connectivity index (χ0) is 17.9. The molecule has 0 radical (unpaired) electrons. The molecule has 140 valence electrons. The van der Waals surface area contributed by atoms with Crippen molar-refractivity contribution in [2.75, 3.05) is 17.7 Å². The first-order valence-corrected chi connectivity index (χ1v) is 10.8. The first kappa shape index (κ1) is 17.9. The van der Waals surface area contributed by atoms with E-state index in [1.54, 1.807) is 0 Å². The molecule has 1 aliphatic heterocycles. The summed E-state index contributed by atoms with van der Waals surface area (Å²) in [6.45, 7) is 3.62. The van der Waals surface area contributed by atoms with Crippen molar-refractivity contribution in [3.8, 4) is 0 Å². The van der Waals surface area contributed by atoms with E-state index in [4.69, 9.17) is 4.74 Å². The van der Waals surface area contributed by atoms with Crippen LogP contribution in [0.1, 0.15) is 49.4 Å². The van der Waals surface area contributed by atoms with E-state index in [2.05, 4.69) is 30.3 Å². The largest absolute Gasteiger partial charge is 0.376 e. The Labute approximate surface area is 160 Å². The summed E-state index contributed by atoms with van der Waals surface area (Å²) in [5.41, 5.74) is 0. The molecule has 10 heteroatoms. The van der Waals surface area contributed by atoms with E-state index in [9.17, 15) is 4.79 Å². The molecule has 2 aliphatic rings. The minimum atomic E-state index is -0.103. The van der Waals surface area contributed by atoms with E-state index >= 15 is 0 Å². The lowest BCUT2D eigenvalue weighted by Gasteiger charge is -2.14. The van der Waals surface area contributed by atoms with Gasteiger partial charge in [0.15, 0.2) is 5.16 Å². The number of anilines is 1. The van der Waals surface area contributed by atoms with Crippen molar-refractivity contribution in [3.05, 3.63) is 10.8 Å². The lowest BCUT2D eigenvalue weighted by Crippen LogP contribution is -2.19. The maximum absolute atomic E-state index is 12.2. The quantitative estimate of drug-likeness (QED) is 0.687. The molecule has 0 aromatic carbocycles. The molecule has 1 atom stereocenters. The molecule has 1 saturated heterocycles. The molecular formula is C16H22N6O2S2. The standard InChI is InChI=1S/C16H22N6O2S2/c1-2-13-18-20-15(26-13)17-12(23)9-25-16-21-19-14(10-5-6-10)22(16)8-11-4-3-7-24-11/h10-11H,2-9H2,1H3,(H,17,20,23). The monoisotopic (exact) mass is 394 g/mol. The maximum atomic E-state index is 12.2. The molecule has 1 unspecified atom stereocenters. The Balaban J connectivity index is 1.38. The Morgan fingerprint density at radius 1 is 1.31 bits per heavy atom. The highest BCUT2D eigenvalue weighted by Crippen LogP contribution is 2.40. The second-order valence-electron chi connectivity index (χ2n) is 6.55. The van der Waals surface area contributed by atoms with Crippen LogP contribution in [0.3, 0.4) is 0 Å². The second kappa shape index (κ2) is 8.01. The summed E-state index contributed by atoms with van der Waals surface area (Å²) in [6.07, 6.45) is 5.57. The molecule has 1 amide bonds. The number of carbonyl (C=O) groups is 1. The van der Waals surface area contributed by atoms with Crippen LogP contribution in [0.5, 0.6) is 0 Å². The van der Waals surface area contributed by atoms with Crippen molar-refractivity contribution in [2.45, 2.75) is 62.8 Å². The summed E-state index contributed by atoms with van der Waals surface area (Å²) < 4.78 is 7.93. The van der Waals surface area contributed by atoms with Gasteiger partial charge in [-0.3, -0.25) is 10.1 Å². The number of thioether (sulfide) groups is 1. The summed E-state index contributed by atoms with van der Waals surface area (Å²) in [5.74, 6) is 1.73. The third kappa shape index (κ3) is 4.24. The molecule has 8 nitrogen and oxygen atoms in total. The van der Waals surface area contributed by atoms with Gasteiger partial charge in [-0.15, -0.1) is 20.4 Å². The molecule has 2 aromatic heterocycles. The Morgan fingerprint density at radius 3 is 2.88 bits per heavy atom. The topological polar surface area (TPSA) is 94.8 Å². The van der Waals surface area contributed by atoms with Crippen LogP contribution in [0, 0.1) is 0 Å². The average Bonchev–Trinajstić information content (AvgIpc) is 3.03.